The smallest absolute Gasteiger partial charge is 0.0635 e. The molecule has 0 aromatic heterocycles. The molecule has 0 aliphatic carbocycles. The van der Waals surface area contributed by atoms with E-state index in [0.717, 1.165) is 13.0 Å². The molecule has 0 aliphatic heterocycles. The van der Waals surface area contributed by atoms with Crippen molar-refractivity contribution in [3.05, 3.63) is 35.9 Å². The summed E-state index contributed by atoms with van der Waals surface area (Å²) in [6, 6.07) is 10.4. The number of benzene rings is 1. The summed E-state index contributed by atoms with van der Waals surface area (Å²) in [5.41, 5.74) is 1.29. The summed E-state index contributed by atoms with van der Waals surface area (Å²) in [7, 11) is 0. The van der Waals surface area contributed by atoms with Gasteiger partial charge in [-0.3, -0.25) is 4.99 Å². The molecule has 0 N–H and O–H groups in total. The van der Waals surface area contributed by atoms with Gasteiger partial charge in [0, 0.05) is 0 Å². The average molecular weight is 175 g/mol. The standard InChI is InChI=1S/C12H17N/c1-2-3-7-10-13-11-12-8-5-4-6-9-12/h4-6,8-10H,2-3,7,11H2,1H3. The van der Waals surface area contributed by atoms with Crippen LogP contribution in [0.3, 0.4) is 0 Å². The molecule has 0 heterocycles. The molecule has 0 fully saturated rings. The molecule has 1 aromatic rings. The summed E-state index contributed by atoms with van der Waals surface area (Å²) in [5, 5.41) is 0. The largest absolute Gasteiger partial charge is 0.293 e. The molecular weight excluding hydrogens is 158 g/mol. The van der Waals surface area contributed by atoms with Gasteiger partial charge in [-0.1, -0.05) is 43.7 Å². The Bertz CT molecular complexity index is 239. The van der Waals surface area contributed by atoms with Crippen LogP contribution in [0.1, 0.15) is 31.7 Å². The summed E-state index contributed by atoms with van der Waals surface area (Å²) in [5.74, 6) is 0. The molecule has 0 atom stereocenters. The summed E-state index contributed by atoms with van der Waals surface area (Å²) in [6.07, 6.45) is 5.65. The molecule has 1 aromatic carbocycles. The molecule has 1 rings (SSSR count). The predicted molar refractivity (Wildman–Crippen MR) is 58.2 cm³/mol. The van der Waals surface area contributed by atoms with Gasteiger partial charge in [0.1, 0.15) is 0 Å². The molecule has 0 bridgehead atoms. The number of aliphatic imine (C=N–C) groups is 1. The van der Waals surface area contributed by atoms with Crippen molar-refractivity contribution in [2.75, 3.05) is 0 Å². The van der Waals surface area contributed by atoms with E-state index in [1.807, 2.05) is 12.3 Å². The Morgan fingerprint density at radius 2 is 2.00 bits per heavy atom. The SMILES string of the molecule is CCCCC=NCc1ccccc1. The van der Waals surface area contributed by atoms with Crippen molar-refractivity contribution in [1.29, 1.82) is 0 Å². The first kappa shape index (κ1) is 9.97. The second kappa shape index (κ2) is 6.41. The van der Waals surface area contributed by atoms with Crippen LogP contribution in [0.25, 0.3) is 0 Å². The lowest BCUT2D eigenvalue weighted by Gasteiger charge is -1.94. The van der Waals surface area contributed by atoms with Crippen LogP contribution in [0.15, 0.2) is 35.3 Å². The zero-order valence-electron chi connectivity index (χ0n) is 8.24. The average Bonchev–Trinajstić information content (AvgIpc) is 2.19. The van der Waals surface area contributed by atoms with Crippen LogP contribution in [-0.4, -0.2) is 6.21 Å². The fraction of sp³-hybridized carbons (Fsp3) is 0.417. The second-order valence-corrected chi connectivity index (χ2v) is 3.15. The third-order valence-electron chi connectivity index (χ3n) is 1.93. The molecule has 1 nitrogen and oxygen atoms in total. The zero-order chi connectivity index (χ0) is 9.36. The molecule has 1 heteroatoms. The molecule has 0 saturated heterocycles. The van der Waals surface area contributed by atoms with E-state index in [9.17, 15) is 0 Å². The van der Waals surface area contributed by atoms with Crippen LogP contribution in [0.4, 0.5) is 0 Å². The van der Waals surface area contributed by atoms with Crippen molar-refractivity contribution < 1.29 is 0 Å². The van der Waals surface area contributed by atoms with Crippen molar-refractivity contribution >= 4 is 6.21 Å². The van der Waals surface area contributed by atoms with E-state index >= 15 is 0 Å². The van der Waals surface area contributed by atoms with Gasteiger partial charge in [0.05, 0.1) is 6.54 Å². The maximum atomic E-state index is 4.35. The maximum absolute atomic E-state index is 4.35. The third-order valence-corrected chi connectivity index (χ3v) is 1.93. The van der Waals surface area contributed by atoms with E-state index in [1.165, 1.54) is 18.4 Å². The van der Waals surface area contributed by atoms with E-state index < -0.39 is 0 Å². The highest BCUT2D eigenvalue weighted by Crippen LogP contribution is 2.00. The lowest BCUT2D eigenvalue weighted by atomic mass is 10.2. The number of nitrogens with zero attached hydrogens (tertiary/aromatic N) is 1. The quantitative estimate of drug-likeness (QED) is 0.480. The highest BCUT2D eigenvalue weighted by atomic mass is 14.7. The predicted octanol–water partition coefficient (Wildman–Crippen LogP) is 3.45. The monoisotopic (exact) mass is 175 g/mol. The van der Waals surface area contributed by atoms with Crippen LogP contribution < -0.4 is 0 Å². The molecule has 0 radical (unpaired) electrons. The second-order valence-electron chi connectivity index (χ2n) is 3.15. The summed E-state index contributed by atoms with van der Waals surface area (Å²) in [6.45, 7) is 3.02. The Balaban J connectivity index is 2.23. The first-order chi connectivity index (χ1) is 6.43. The molecule has 0 unspecified atom stereocenters. The van der Waals surface area contributed by atoms with Crippen LogP contribution in [0.2, 0.25) is 0 Å². The fourth-order valence-corrected chi connectivity index (χ4v) is 1.14. The highest BCUT2D eigenvalue weighted by Gasteiger charge is 1.85. The molecule has 70 valence electrons. The summed E-state index contributed by atoms with van der Waals surface area (Å²) >= 11 is 0. The lowest BCUT2D eigenvalue weighted by molar-refractivity contribution is 0.839. The van der Waals surface area contributed by atoms with Gasteiger partial charge in [0.15, 0.2) is 0 Å². The van der Waals surface area contributed by atoms with Gasteiger partial charge < -0.3 is 0 Å². The number of rotatable bonds is 5. The van der Waals surface area contributed by atoms with Crippen molar-refractivity contribution in [2.45, 2.75) is 32.7 Å². The number of hydrogen-bond donors (Lipinski definition) is 0. The van der Waals surface area contributed by atoms with Crippen LogP contribution in [-0.2, 0) is 6.54 Å². The minimum atomic E-state index is 0.824. The zero-order valence-corrected chi connectivity index (χ0v) is 8.24. The van der Waals surface area contributed by atoms with Gasteiger partial charge in [-0.25, -0.2) is 0 Å². The lowest BCUT2D eigenvalue weighted by Crippen LogP contribution is -1.81. The Labute approximate surface area is 80.5 Å². The van der Waals surface area contributed by atoms with E-state index in [0.29, 0.717) is 0 Å². The van der Waals surface area contributed by atoms with Crippen molar-refractivity contribution in [1.82, 2.24) is 0 Å². The Morgan fingerprint density at radius 3 is 2.69 bits per heavy atom. The van der Waals surface area contributed by atoms with Gasteiger partial charge in [0.2, 0.25) is 0 Å². The molecular formula is C12H17N. The first-order valence-electron chi connectivity index (χ1n) is 4.95. The minimum Gasteiger partial charge on any atom is -0.293 e. The molecule has 0 saturated carbocycles. The summed E-state index contributed by atoms with van der Waals surface area (Å²) in [4.78, 5) is 4.35. The van der Waals surface area contributed by atoms with E-state index in [2.05, 4.69) is 36.2 Å². The van der Waals surface area contributed by atoms with Crippen molar-refractivity contribution in [3.8, 4) is 0 Å². The number of hydrogen-bond acceptors (Lipinski definition) is 1. The van der Waals surface area contributed by atoms with E-state index in [4.69, 9.17) is 0 Å². The molecule has 0 spiro atoms. The van der Waals surface area contributed by atoms with Gasteiger partial charge in [-0.05, 0) is 24.6 Å². The Kier molecular flexibility index (Phi) is 4.92. The highest BCUT2D eigenvalue weighted by molar-refractivity contribution is 5.57. The molecule has 0 aliphatic rings. The van der Waals surface area contributed by atoms with Crippen molar-refractivity contribution in [2.24, 2.45) is 4.99 Å². The van der Waals surface area contributed by atoms with Crippen LogP contribution in [0.5, 0.6) is 0 Å². The normalized spacial score (nSPS) is 10.8. The maximum Gasteiger partial charge on any atom is 0.0635 e. The van der Waals surface area contributed by atoms with Crippen molar-refractivity contribution in [3.63, 3.8) is 0 Å². The third kappa shape index (κ3) is 4.46. The first-order valence-corrected chi connectivity index (χ1v) is 4.95. The van der Waals surface area contributed by atoms with Gasteiger partial charge in [0.25, 0.3) is 0 Å². The topological polar surface area (TPSA) is 12.4 Å². The number of unbranched alkanes of at least 4 members (excludes halogenated alkanes) is 2. The Hall–Kier alpha value is -1.11. The van der Waals surface area contributed by atoms with Crippen LogP contribution in [0, 0.1) is 0 Å². The fourth-order valence-electron chi connectivity index (χ4n) is 1.14. The van der Waals surface area contributed by atoms with E-state index in [-0.39, 0.29) is 0 Å². The van der Waals surface area contributed by atoms with Gasteiger partial charge in [-0.2, -0.15) is 0 Å². The van der Waals surface area contributed by atoms with Gasteiger partial charge >= 0.3 is 0 Å². The van der Waals surface area contributed by atoms with Gasteiger partial charge in [-0.15, -0.1) is 0 Å². The van der Waals surface area contributed by atoms with Crippen LogP contribution >= 0.6 is 0 Å². The summed E-state index contributed by atoms with van der Waals surface area (Å²) < 4.78 is 0. The minimum absolute atomic E-state index is 0.824. The Morgan fingerprint density at radius 1 is 1.23 bits per heavy atom. The van der Waals surface area contributed by atoms with E-state index in [1.54, 1.807) is 0 Å². The molecule has 13 heavy (non-hydrogen) atoms. The molecule has 0 amide bonds.